The summed E-state index contributed by atoms with van der Waals surface area (Å²) in [6.45, 7) is 6.96. The van der Waals surface area contributed by atoms with Gasteiger partial charge in [0, 0.05) is 5.57 Å². The van der Waals surface area contributed by atoms with Gasteiger partial charge in [0.2, 0.25) is 0 Å². The first-order valence-electron chi connectivity index (χ1n) is 3.85. The van der Waals surface area contributed by atoms with E-state index >= 15 is 0 Å². The Balaban J connectivity index is 3.13. The highest BCUT2D eigenvalue weighted by atomic mass is 35.5. The number of nitrogens with two attached hydrogens (primary N) is 1. The van der Waals surface area contributed by atoms with Gasteiger partial charge >= 0.3 is 0 Å². The molecule has 0 radical (unpaired) electrons. The molecule has 0 saturated carbocycles. The van der Waals surface area contributed by atoms with E-state index in [0.29, 0.717) is 0 Å². The molecule has 1 rings (SSSR count). The molecule has 1 heterocycles. The molecule has 2 nitrogen and oxygen atoms in total. The number of rotatable bonds is 3. The van der Waals surface area contributed by atoms with Crippen LogP contribution in [0.25, 0.3) is 0 Å². The highest BCUT2D eigenvalue weighted by molar-refractivity contribution is 6.44. The average molecular weight is 238 g/mol. The van der Waals surface area contributed by atoms with Crippen molar-refractivity contribution in [3.05, 3.63) is 34.6 Å². The van der Waals surface area contributed by atoms with Crippen LogP contribution < -0.4 is 5.73 Å². The van der Waals surface area contributed by atoms with E-state index in [0.717, 1.165) is 0 Å². The van der Waals surface area contributed by atoms with E-state index in [1.807, 2.05) is 0 Å². The van der Waals surface area contributed by atoms with Crippen LogP contribution in [-0.4, -0.2) is 18.8 Å². The Labute approximate surface area is 91.8 Å². The molecule has 2 N–H and O–H groups in total. The molecule has 14 heavy (non-hydrogen) atoms. The Bertz CT molecular complexity index is 321. The Hall–Kier alpha value is -0.350. The topological polar surface area (TPSA) is 35.2 Å². The second-order valence-corrected chi connectivity index (χ2v) is 3.98. The third-order valence-corrected chi connectivity index (χ3v) is 2.65. The second-order valence-electron chi connectivity index (χ2n) is 3.15. The predicted octanol–water partition coefficient (Wildman–Crippen LogP) is 2.44. The van der Waals surface area contributed by atoms with Crippen LogP contribution in [0.5, 0.6) is 0 Å². The maximum Gasteiger partial charge on any atom is 0.122 e. The molecule has 0 aliphatic carbocycles. The predicted molar refractivity (Wildman–Crippen MR) is 55.9 cm³/mol. The fraction of sp³-hybridized carbons (Fsp3) is 0.333. The zero-order valence-corrected chi connectivity index (χ0v) is 8.96. The van der Waals surface area contributed by atoms with Crippen LogP contribution in [0.3, 0.4) is 0 Å². The normalized spacial score (nSPS) is 20.9. The summed E-state index contributed by atoms with van der Waals surface area (Å²) in [5.41, 5.74) is 4.96. The van der Waals surface area contributed by atoms with Crippen molar-refractivity contribution in [2.24, 2.45) is 5.73 Å². The van der Waals surface area contributed by atoms with Crippen LogP contribution >= 0.6 is 23.2 Å². The summed E-state index contributed by atoms with van der Waals surface area (Å²) in [5, 5.41) is 0.0437. The first-order chi connectivity index (χ1) is 6.38. The standard InChI is InChI=1S/C9H10Cl2FNO/c1-5(10)8(11)7(6(2)12)9(13)3-14-4-9/h1-4,13H2/b8-7-. The van der Waals surface area contributed by atoms with E-state index in [-0.39, 0.29) is 28.9 Å². The van der Waals surface area contributed by atoms with Gasteiger partial charge < -0.3 is 10.5 Å². The number of halogens is 3. The molecule has 0 unspecified atom stereocenters. The molecule has 0 aromatic heterocycles. The van der Waals surface area contributed by atoms with Gasteiger partial charge in [-0.15, -0.1) is 0 Å². The van der Waals surface area contributed by atoms with E-state index in [1.165, 1.54) is 0 Å². The molecule has 1 fully saturated rings. The first-order valence-corrected chi connectivity index (χ1v) is 4.60. The third-order valence-electron chi connectivity index (χ3n) is 1.95. The molecule has 0 amide bonds. The average Bonchev–Trinajstić information content (AvgIpc) is 2.00. The molecular weight excluding hydrogens is 228 g/mol. The number of hydrogen-bond donors (Lipinski definition) is 1. The van der Waals surface area contributed by atoms with Gasteiger partial charge in [0.25, 0.3) is 0 Å². The minimum atomic E-state index is -0.930. The highest BCUT2D eigenvalue weighted by Crippen LogP contribution is 2.36. The van der Waals surface area contributed by atoms with Crippen molar-refractivity contribution >= 4 is 23.2 Å². The molecule has 5 heteroatoms. The number of allylic oxidation sites excluding steroid dienone is 2. The van der Waals surface area contributed by atoms with Crippen molar-refractivity contribution in [1.29, 1.82) is 0 Å². The van der Waals surface area contributed by atoms with Crippen molar-refractivity contribution in [2.45, 2.75) is 5.54 Å². The third kappa shape index (κ3) is 2.01. The second kappa shape index (κ2) is 4.03. The van der Waals surface area contributed by atoms with E-state index in [2.05, 4.69) is 13.2 Å². The summed E-state index contributed by atoms with van der Waals surface area (Å²) in [6.07, 6.45) is 0. The fourth-order valence-corrected chi connectivity index (χ4v) is 1.59. The van der Waals surface area contributed by atoms with Crippen molar-refractivity contribution in [3.8, 4) is 0 Å². The van der Waals surface area contributed by atoms with Crippen LogP contribution in [0.2, 0.25) is 0 Å². The van der Waals surface area contributed by atoms with E-state index in [1.54, 1.807) is 0 Å². The van der Waals surface area contributed by atoms with Crippen LogP contribution in [0.1, 0.15) is 0 Å². The van der Waals surface area contributed by atoms with Crippen LogP contribution in [0.15, 0.2) is 34.6 Å². The lowest BCUT2D eigenvalue weighted by Gasteiger charge is -2.39. The van der Waals surface area contributed by atoms with E-state index < -0.39 is 11.4 Å². The molecule has 0 aromatic rings. The monoisotopic (exact) mass is 237 g/mol. The van der Waals surface area contributed by atoms with Gasteiger partial charge in [0.05, 0.1) is 28.8 Å². The molecule has 1 aliphatic heterocycles. The lowest BCUT2D eigenvalue weighted by atomic mass is 9.87. The zero-order chi connectivity index (χ0) is 10.9. The lowest BCUT2D eigenvalue weighted by Crippen LogP contribution is -2.59. The summed E-state index contributed by atoms with van der Waals surface area (Å²) < 4.78 is 18.0. The van der Waals surface area contributed by atoms with E-state index in [9.17, 15) is 4.39 Å². The Morgan fingerprint density at radius 3 is 2.07 bits per heavy atom. The number of ether oxygens (including phenoxy) is 1. The minimum Gasteiger partial charge on any atom is -0.377 e. The maximum absolute atomic E-state index is 13.1. The van der Waals surface area contributed by atoms with Crippen molar-refractivity contribution < 1.29 is 9.13 Å². The smallest absolute Gasteiger partial charge is 0.122 e. The number of hydrogen-bond acceptors (Lipinski definition) is 2. The van der Waals surface area contributed by atoms with Gasteiger partial charge in [-0.05, 0) is 0 Å². The summed E-state index contributed by atoms with van der Waals surface area (Å²) in [7, 11) is 0. The molecule has 0 atom stereocenters. The Morgan fingerprint density at radius 2 is 1.86 bits per heavy atom. The van der Waals surface area contributed by atoms with Crippen LogP contribution in [-0.2, 0) is 4.74 Å². The summed E-state index contributed by atoms with van der Waals surface area (Å²) in [5.74, 6) is -0.706. The minimum absolute atomic E-state index is 0.00460. The van der Waals surface area contributed by atoms with Gasteiger partial charge in [-0.25, -0.2) is 4.39 Å². The van der Waals surface area contributed by atoms with Gasteiger partial charge in [-0.2, -0.15) is 0 Å². The van der Waals surface area contributed by atoms with Gasteiger partial charge in [0.1, 0.15) is 5.83 Å². The zero-order valence-electron chi connectivity index (χ0n) is 7.45. The molecular formula is C9H10Cl2FNO. The summed E-state index contributed by atoms with van der Waals surface area (Å²) in [4.78, 5) is 0. The van der Waals surface area contributed by atoms with Gasteiger partial charge in [0.15, 0.2) is 0 Å². The summed E-state index contributed by atoms with van der Waals surface area (Å²) >= 11 is 11.4. The van der Waals surface area contributed by atoms with Crippen molar-refractivity contribution in [3.63, 3.8) is 0 Å². The fourth-order valence-electron chi connectivity index (χ4n) is 1.21. The molecule has 0 spiro atoms. The Kier molecular flexibility index (Phi) is 3.37. The van der Waals surface area contributed by atoms with Gasteiger partial charge in [-0.1, -0.05) is 36.4 Å². The highest BCUT2D eigenvalue weighted by Gasteiger charge is 2.41. The van der Waals surface area contributed by atoms with Crippen LogP contribution in [0.4, 0.5) is 4.39 Å². The molecule has 0 bridgehead atoms. The quantitative estimate of drug-likeness (QED) is 0.766. The lowest BCUT2D eigenvalue weighted by molar-refractivity contribution is -0.0339. The van der Waals surface area contributed by atoms with Crippen molar-refractivity contribution in [1.82, 2.24) is 0 Å². The van der Waals surface area contributed by atoms with Crippen LogP contribution in [0, 0.1) is 0 Å². The largest absolute Gasteiger partial charge is 0.377 e. The SMILES string of the molecule is C=C(Cl)/C(Cl)=C(\C(=C)F)C1(N)COC1. The van der Waals surface area contributed by atoms with Gasteiger partial charge in [-0.3, -0.25) is 0 Å². The first kappa shape index (κ1) is 11.7. The maximum atomic E-state index is 13.1. The molecule has 1 aliphatic rings. The Morgan fingerprint density at radius 1 is 1.36 bits per heavy atom. The molecule has 0 aromatic carbocycles. The van der Waals surface area contributed by atoms with Crippen molar-refractivity contribution in [2.75, 3.05) is 13.2 Å². The van der Waals surface area contributed by atoms with E-state index in [4.69, 9.17) is 33.7 Å². The molecule has 78 valence electrons. The molecule has 1 saturated heterocycles. The summed E-state index contributed by atoms with van der Waals surface area (Å²) in [6, 6.07) is 0.